The molecule has 1 aliphatic heterocycles. The van der Waals surface area contributed by atoms with E-state index in [2.05, 4.69) is 19.9 Å². The van der Waals surface area contributed by atoms with Gasteiger partial charge >= 0.3 is 5.97 Å². The number of hydrogen-bond acceptors (Lipinski definition) is 7. The zero-order valence-electron chi connectivity index (χ0n) is 20.5. The highest BCUT2D eigenvalue weighted by Crippen LogP contribution is 2.30. The predicted octanol–water partition coefficient (Wildman–Crippen LogP) is 3.15. The Kier molecular flexibility index (Phi) is 6.75. The van der Waals surface area contributed by atoms with Crippen molar-refractivity contribution in [3.05, 3.63) is 52.9 Å². The first-order valence-electron chi connectivity index (χ1n) is 11.6. The lowest BCUT2D eigenvalue weighted by molar-refractivity contribution is -0.159. The lowest BCUT2D eigenvalue weighted by Crippen LogP contribution is -2.59. The van der Waals surface area contributed by atoms with Gasteiger partial charge in [-0.05, 0) is 51.0 Å². The van der Waals surface area contributed by atoms with Gasteiger partial charge in [0, 0.05) is 37.4 Å². The molecule has 1 aromatic carbocycles. The number of anilines is 1. The summed E-state index contributed by atoms with van der Waals surface area (Å²) in [6.07, 6.45) is 3.17. The lowest BCUT2D eigenvalue weighted by atomic mass is 9.85. The van der Waals surface area contributed by atoms with Crippen LogP contribution in [0.1, 0.15) is 38.3 Å². The number of benzene rings is 1. The fraction of sp³-hybridized carbons (Fsp3) is 0.440. The molecule has 3 aromatic rings. The topological polar surface area (TPSA) is 117 Å². The van der Waals surface area contributed by atoms with Gasteiger partial charge in [-0.2, -0.15) is 0 Å². The maximum atomic E-state index is 13.8. The van der Waals surface area contributed by atoms with Crippen LogP contribution in [0, 0.1) is 6.92 Å². The van der Waals surface area contributed by atoms with E-state index in [0.29, 0.717) is 36.8 Å². The molecule has 10 heteroatoms. The predicted molar refractivity (Wildman–Crippen MR) is 135 cm³/mol. The summed E-state index contributed by atoms with van der Waals surface area (Å²) in [5.41, 5.74) is 6.82. The number of aromatic amines is 1. The number of nitrogens with one attached hydrogen (secondary N) is 1. The summed E-state index contributed by atoms with van der Waals surface area (Å²) >= 11 is 6.06. The van der Waals surface area contributed by atoms with Crippen LogP contribution in [0.15, 0.2) is 36.8 Å². The van der Waals surface area contributed by atoms with Crippen LogP contribution in [0.4, 0.5) is 5.82 Å². The average Bonchev–Trinajstić information content (AvgIpc) is 3.19. The number of ether oxygens (including phenoxy) is 1. The molecule has 0 saturated carbocycles. The Morgan fingerprint density at radius 3 is 2.40 bits per heavy atom. The second-order valence-electron chi connectivity index (χ2n) is 9.91. The van der Waals surface area contributed by atoms with Crippen molar-refractivity contribution in [1.82, 2.24) is 19.9 Å². The van der Waals surface area contributed by atoms with E-state index in [1.807, 2.05) is 13.1 Å². The third kappa shape index (κ3) is 5.26. The number of aromatic nitrogens is 3. The van der Waals surface area contributed by atoms with Gasteiger partial charge in [-0.1, -0.05) is 23.7 Å². The van der Waals surface area contributed by atoms with Gasteiger partial charge in [0.05, 0.1) is 11.8 Å². The summed E-state index contributed by atoms with van der Waals surface area (Å²) in [6, 6.07) is 6.71. The number of aryl methyl sites for hydroxylation is 1. The van der Waals surface area contributed by atoms with Crippen molar-refractivity contribution >= 4 is 40.3 Å². The van der Waals surface area contributed by atoms with E-state index in [1.165, 1.54) is 6.33 Å². The highest BCUT2D eigenvalue weighted by molar-refractivity contribution is 6.30. The first kappa shape index (κ1) is 24.9. The van der Waals surface area contributed by atoms with Crippen LogP contribution in [0.3, 0.4) is 0 Å². The molecule has 0 radical (unpaired) electrons. The molecule has 35 heavy (non-hydrogen) atoms. The third-order valence-corrected chi connectivity index (χ3v) is 6.35. The Labute approximate surface area is 209 Å². The molecule has 1 saturated heterocycles. The number of nitrogens with zero attached hydrogens (tertiary/aromatic N) is 4. The van der Waals surface area contributed by atoms with Gasteiger partial charge in [-0.25, -0.2) is 9.97 Å². The van der Waals surface area contributed by atoms with Crippen LogP contribution in [0.25, 0.3) is 11.0 Å². The molecule has 0 bridgehead atoms. The molecule has 1 aliphatic rings. The standard InChI is InChI=1S/C25H31ClN6O3/c1-16-14-28-21-20(16)22(30-15-29-21)31-9-11-32(12-10-31)23(34)25(27,13-19(33)35-24(2,3)4)17-5-7-18(26)8-6-17/h5-8,14-15H,9-13,27H2,1-4H3,(H,28,29,30). The minimum atomic E-state index is -1.57. The van der Waals surface area contributed by atoms with Crippen molar-refractivity contribution in [2.75, 3.05) is 31.1 Å². The highest BCUT2D eigenvalue weighted by atomic mass is 35.5. The second-order valence-corrected chi connectivity index (χ2v) is 10.3. The molecule has 0 spiro atoms. The van der Waals surface area contributed by atoms with Crippen molar-refractivity contribution < 1.29 is 14.3 Å². The largest absolute Gasteiger partial charge is 0.460 e. The van der Waals surface area contributed by atoms with Crippen molar-refractivity contribution in [2.24, 2.45) is 5.73 Å². The molecule has 0 aliphatic carbocycles. The van der Waals surface area contributed by atoms with Crippen molar-refractivity contribution in [2.45, 2.75) is 45.3 Å². The molecule has 3 heterocycles. The van der Waals surface area contributed by atoms with Gasteiger partial charge in [0.2, 0.25) is 5.91 Å². The number of rotatable bonds is 5. The maximum absolute atomic E-state index is 13.8. The van der Waals surface area contributed by atoms with Crippen molar-refractivity contribution in [1.29, 1.82) is 0 Å². The Hall–Kier alpha value is -3.17. The van der Waals surface area contributed by atoms with Crippen LogP contribution < -0.4 is 10.6 Å². The Morgan fingerprint density at radius 2 is 1.77 bits per heavy atom. The number of amides is 1. The quantitative estimate of drug-likeness (QED) is 0.519. The number of halogens is 1. The lowest BCUT2D eigenvalue weighted by Gasteiger charge is -2.40. The van der Waals surface area contributed by atoms with E-state index >= 15 is 0 Å². The summed E-state index contributed by atoms with van der Waals surface area (Å²) in [5, 5.41) is 1.50. The van der Waals surface area contributed by atoms with Gasteiger partial charge in [0.25, 0.3) is 0 Å². The Balaban J connectivity index is 1.55. The normalized spacial score (nSPS) is 16.3. The van der Waals surface area contributed by atoms with E-state index in [-0.39, 0.29) is 12.3 Å². The number of nitrogens with two attached hydrogens (primary N) is 1. The summed E-state index contributed by atoms with van der Waals surface area (Å²) in [6.45, 7) is 9.38. The number of carbonyl (C=O) groups excluding carboxylic acids is 2. The first-order valence-corrected chi connectivity index (χ1v) is 12.0. The fourth-order valence-corrected chi connectivity index (χ4v) is 4.52. The molecule has 9 nitrogen and oxygen atoms in total. The maximum Gasteiger partial charge on any atom is 0.309 e. The number of piperazine rings is 1. The molecule has 1 amide bonds. The number of hydrogen-bond donors (Lipinski definition) is 2. The SMILES string of the molecule is Cc1c[nH]c2ncnc(N3CCN(C(=O)C(N)(CC(=O)OC(C)(C)C)c4ccc(Cl)cc4)CC3)c12. The summed E-state index contributed by atoms with van der Waals surface area (Å²) in [5.74, 6) is -0.0180. The molecule has 1 fully saturated rings. The van der Waals surface area contributed by atoms with E-state index in [4.69, 9.17) is 22.1 Å². The van der Waals surface area contributed by atoms with Gasteiger partial charge in [0.1, 0.15) is 28.9 Å². The number of H-pyrrole nitrogens is 1. The van der Waals surface area contributed by atoms with E-state index in [9.17, 15) is 9.59 Å². The molecular weight excluding hydrogens is 468 g/mol. The first-order chi connectivity index (χ1) is 16.5. The molecule has 3 N–H and O–H groups in total. The molecule has 4 rings (SSSR count). The smallest absolute Gasteiger partial charge is 0.309 e. The summed E-state index contributed by atoms with van der Waals surface area (Å²) < 4.78 is 5.49. The van der Waals surface area contributed by atoms with Crippen LogP contribution in [0.5, 0.6) is 0 Å². The zero-order valence-corrected chi connectivity index (χ0v) is 21.2. The van der Waals surface area contributed by atoms with Crippen molar-refractivity contribution in [3.63, 3.8) is 0 Å². The molecule has 1 unspecified atom stereocenters. The summed E-state index contributed by atoms with van der Waals surface area (Å²) in [7, 11) is 0. The van der Waals surface area contributed by atoms with Gasteiger partial charge in [0.15, 0.2) is 0 Å². The van der Waals surface area contributed by atoms with Crippen LogP contribution in [0.2, 0.25) is 5.02 Å². The van der Waals surface area contributed by atoms with Crippen LogP contribution in [-0.4, -0.2) is 63.5 Å². The van der Waals surface area contributed by atoms with E-state index in [0.717, 1.165) is 22.4 Å². The van der Waals surface area contributed by atoms with Gasteiger partial charge in [-0.3, -0.25) is 9.59 Å². The van der Waals surface area contributed by atoms with Gasteiger partial charge < -0.3 is 25.3 Å². The number of fused-ring (bicyclic) bond motifs is 1. The average molecular weight is 499 g/mol. The van der Waals surface area contributed by atoms with E-state index in [1.54, 1.807) is 49.9 Å². The number of carbonyl (C=O) groups is 2. The summed E-state index contributed by atoms with van der Waals surface area (Å²) in [4.78, 5) is 42.3. The Morgan fingerprint density at radius 1 is 1.11 bits per heavy atom. The van der Waals surface area contributed by atoms with Gasteiger partial charge in [-0.15, -0.1) is 0 Å². The molecule has 2 aromatic heterocycles. The number of esters is 1. The monoisotopic (exact) mass is 498 g/mol. The third-order valence-electron chi connectivity index (χ3n) is 6.10. The molecular formula is C25H31ClN6O3. The molecule has 186 valence electrons. The van der Waals surface area contributed by atoms with Crippen molar-refractivity contribution in [3.8, 4) is 0 Å². The fourth-order valence-electron chi connectivity index (χ4n) is 4.39. The second kappa shape index (κ2) is 9.47. The van der Waals surface area contributed by atoms with E-state index < -0.39 is 17.1 Å². The molecule has 1 atom stereocenters. The Bertz CT molecular complexity index is 1230. The highest BCUT2D eigenvalue weighted by Gasteiger charge is 2.43. The minimum Gasteiger partial charge on any atom is -0.460 e. The van der Waals surface area contributed by atoms with Crippen LogP contribution >= 0.6 is 11.6 Å². The van der Waals surface area contributed by atoms with Crippen LogP contribution in [-0.2, 0) is 19.9 Å². The minimum absolute atomic E-state index is 0.278. The zero-order chi connectivity index (χ0) is 25.4.